The molecule has 30 heavy (non-hydrogen) atoms. The van der Waals surface area contributed by atoms with Crippen molar-refractivity contribution in [3.63, 3.8) is 0 Å². The largest absolute Gasteiger partial charge is 0.431 e. The Kier molecular flexibility index (Phi) is 7.25. The molecular weight excluding hydrogens is 392 g/mol. The number of nitrogens with two attached hydrogens (primary N) is 1. The summed E-state index contributed by atoms with van der Waals surface area (Å²) in [7, 11) is 0. The van der Waals surface area contributed by atoms with E-state index in [0.717, 1.165) is 57.2 Å². The van der Waals surface area contributed by atoms with Gasteiger partial charge in [0.2, 0.25) is 0 Å². The first-order chi connectivity index (χ1) is 14.4. The van der Waals surface area contributed by atoms with Crippen LogP contribution in [0.1, 0.15) is 38.4 Å². The van der Waals surface area contributed by atoms with Crippen molar-refractivity contribution in [1.82, 2.24) is 19.4 Å². The molecule has 1 atom stereocenters. The fourth-order valence-corrected chi connectivity index (χ4v) is 3.40. The summed E-state index contributed by atoms with van der Waals surface area (Å²) >= 11 is 0. The minimum absolute atomic E-state index is 0.0811. The average Bonchev–Trinajstić information content (AvgIpc) is 3.17. The Labute approximate surface area is 175 Å². The Morgan fingerprint density at radius 1 is 1.37 bits per heavy atom. The lowest BCUT2D eigenvalue weighted by Crippen LogP contribution is -2.35. The topological polar surface area (TPSA) is 78.4 Å². The molecule has 0 amide bonds. The Hall–Kier alpha value is -2.68. The molecule has 164 valence electrons. The number of aromatic nitrogens is 3. The second-order valence-corrected chi connectivity index (χ2v) is 7.39. The molecule has 3 heterocycles. The van der Waals surface area contributed by atoms with Gasteiger partial charge in [-0.15, -0.1) is 0 Å². The van der Waals surface area contributed by atoms with Gasteiger partial charge < -0.3 is 24.7 Å². The van der Waals surface area contributed by atoms with Gasteiger partial charge in [0.15, 0.2) is 11.6 Å². The zero-order valence-corrected chi connectivity index (χ0v) is 17.5. The van der Waals surface area contributed by atoms with Gasteiger partial charge in [-0.3, -0.25) is 0 Å². The molecule has 2 aromatic heterocycles. The van der Waals surface area contributed by atoms with E-state index in [1.165, 1.54) is 12.3 Å². The molecule has 1 fully saturated rings. The maximum absolute atomic E-state index is 12.6. The summed E-state index contributed by atoms with van der Waals surface area (Å²) in [6, 6.07) is 1.45. The highest BCUT2D eigenvalue weighted by atomic mass is 19.3. The summed E-state index contributed by atoms with van der Waals surface area (Å²) in [6.45, 7) is 9.37. The molecule has 1 aliphatic rings. The van der Waals surface area contributed by atoms with Crippen molar-refractivity contribution < 1.29 is 18.3 Å². The van der Waals surface area contributed by atoms with E-state index in [2.05, 4.69) is 39.6 Å². The molecule has 0 spiro atoms. The molecule has 0 saturated carbocycles. The minimum Gasteiger partial charge on any atom is -0.431 e. The quantitative estimate of drug-likeness (QED) is 0.662. The highest BCUT2D eigenvalue weighted by Crippen LogP contribution is 2.30. The van der Waals surface area contributed by atoms with Crippen LogP contribution in [0.3, 0.4) is 0 Å². The predicted molar refractivity (Wildman–Crippen MR) is 111 cm³/mol. The minimum atomic E-state index is -2.97. The second kappa shape index (κ2) is 9.88. The molecule has 0 bridgehead atoms. The van der Waals surface area contributed by atoms with Crippen LogP contribution in [0.2, 0.25) is 0 Å². The molecule has 1 aliphatic heterocycles. The molecule has 3 rings (SSSR count). The standard InChI is InChI=1S/C21H29F2N5O2/c1-4-14(2)20-26-17(16-11-18(30-21(22)23)19(24)25-12-16)13-28(20)6-5-15(3)27-7-9-29-10-8-27/h11-14,21H,3-10H2,1-2H3,(H2,24,25). The number of halogens is 2. The van der Waals surface area contributed by atoms with Gasteiger partial charge in [0.1, 0.15) is 5.82 Å². The fraction of sp³-hybridized carbons (Fsp3) is 0.524. The third-order valence-corrected chi connectivity index (χ3v) is 5.35. The third kappa shape index (κ3) is 5.27. The molecular formula is C21H29F2N5O2. The van der Waals surface area contributed by atoms with Crippen molar-refractivity contribution in [3.05, 3.63) is 36.6 Å². The summed E-state index contributed by atoms with van der Waals surface area (Å²) in [6.07, 6.45) is 5.17. The van der Waals surface area contributed by atoms with E-state index in [1.54, 1.807) is 0 Å². The Morgan fingerprint density at radius 2 is 2.10 bits per heavy atom. The van der Waals surface area contributed by atoms with Gasteiger partial charge in [-0.1, -0.05) is 20.4 Å². The van der Waals surface area contributed by atoms with Crippen LogP contribution < -0.4 is 10.5 Å². The SMILES string of the molecule is C=C(CCn1cc(-c2cnc(N)c(OC(F)F)c2)nc1C(C)CC)N1CCOCC1. The summed E-state index contributed by atoms with van der Waals surface area (Å²) in [4.78, 5) is 11.0. The normalized spacial score (nSPS) is 15.4. The Bertz CT molecular complexity index is 865. The molecule has 0 aromatic carbocycles. The first-order valence-electron chi connectivity index (χ1n) is 10.2. The van der Waals surface area contributed by atoms with Gasteiger partial charge in [-0.05, 0) is 12.5 Å². The van der Waals surface area contributed by atoms with Crippen LogP contribution in [0, 0.1) is 0 Å². The molecule has 9 heteroatoms. The lowest BCUT2D eigenvalue weighted by Gasteiger charge is -2.30. The highest BCUT2D eigenvalue weighted by Gasteiger charge is 2.18. The van der Waals surface area contributed by atoms with E-state index < -0.39 is 6.61 Å². The molecule has 0 radical (unpaired) electrons. The van der Waals surface area contributed by atoms with Gasteiger partial charge >= 0.3 is 6.61 Å². The molecule has 1 saturated heterocycles. The monoisotopic (exact) mass is 421 g/mol. The van der Waals surface area contributed by atoms with Crippen LogP contribution >= 0.6 is 0 Å². The number of ether oxygens (including phenoxy) is 2. The number of allylic oxidation sites excluding steroid dienone is 1. The number of pyridine rings is 1. The molecule has 0 aliphatic carbocycles. The number of rotatable bonds is 9. The smallest absolute Gasteiger partial charge is 0.387 e. The average molecular weight is 421 g/mol. The Balaban J connectivity index is 1.81. The van der Waals surface area contributed by atoms with Crippen molar-refractivity contribution in [2.24, 2.45) is 0 Å². The first-order valence-corrected chi connectivity index (χ1v) is 10.2. The van der Waals surface area contributed by atoms with E-state index >= 15 is 0 Å². The van der Waals surface area contributed by atoms with Gasteiger partial charge in [0.25, 0.3) is 0 Å². The molecule has 2 N–H and O–H groups in total. The number of nitrogen functional groups attached to an aromatic ring is 1. The van der Waals surface area contributed by atoms with Crippen LogP contribution in [0.4, 0.5) is 14.6 Å². The lowest BCUT2D eigenvalue weighted by atomic mass is 10.1. The van der Waals surface area contributed by atoms with E-state index in [-0.39, 0.29) is 17.5 Å². The number of alkyl halides is 2. The Morgan fingerprint density at radius 3 is 2.77 bits per heavy atom. The zero-order valence-electron chi connectivity index (χ0n) is 17.5. The lowest BCUT2D eigenvalue weighted by molar-refractivity contribution is -0.0494. The van der Waals surface area contributed by atoms with Gasteiger partial charge in [-0.25, -0.2) is 9.97 Å². The van der Waals surface area contributed by atoms with Crippen LogP contribution in [-0.4, -0.2) is 52.3 Å². The molecule has 7 nitrogen and oxygen atoms in total. The van der Waals surface area contributed by atoms with Gasteiger partial charge in [-0.2, -0.15) is 8.78 Å². The van der Waals surface area contributed by atoms with E-state index in [9.17, 15) is 8.78 Å². The van der Waals surface area contributed by atoms with Gasteiger partial charge in [0.05, 0.1) is 18.9 Å². The van der Waals surface area contributed by atoms with E-state index in [4.69, 9.17) is 15.5 Å². The zero-order chi connectivity index (χ0) is 21.7. The van der Waals surface area contributed by atoms with Crippen LogP contribution in [-0.2, 0) is 11.3 Å². The number of aryl methyl sites for hydroxylation is 1. The number of hydrogen-bond acceptors (Lipinski definition) is 6. The number of hydrogen-bond donors (Lipinski definition) is 1. The van der Waals surface area contributed by atoms with Crippen molar-refractivity contribution in [2.45, 2.75) is 45.8 Å². The van der Waals surface area contributed by atoms with Gasteiger partial charge in [0, 0.05) is 55.6 Å². The summed E-state index contributed by atoms with van der Waals surface area (Å²) < 4.78 is 37.3. The number of imidazole rings is 1. The van der Waals surface area contributed by atoms with Crippen LogP contribution in [0.5, 0.6) is 5.75 Å². The maximum Gasteiger partial charge on any atom is 0.387 e. The highest BCUT2D eigenvalue weighted by molar-refractivity contribution is 5.63. The van der Waals surface area contributed by atoms with E-state index in [1.807, 2.05) is 6.20 Å². The van der Waals surface area contributed by atoms with Crippen molar-refractivity contribution in [1.29, 1.82) is 0 Å². The number of anilines is 1. The predicted octanol–water partition coefficient (Wildman–Crippen LogP) is 3.88. The summed E-state index contributed by atoms with van der Waals surface area (Å²) in [5.74, 6) is 0.953. The third-order valence-electron chi connectivity index (χ3n) is 5.35. The summed E-state index contributed by atoms with van der Waals surface area (Å²) in [5.41, 5.74) is 7.95. The number of nitrogens with zero attached hydrogens (tertiary/aromatic N) is 4. The molecule has 1 unspecified atom stereocenters. The first kappa shape index (κ1) is 22.0. The van der Waals surface area contributed by atoms with Crippen molar-refractivity contribution >= 4 is 5.82 Å². The maximum atomic E-state index is 12.6. The summed E-state index contributed by atoms with van der Waals surface area (Å²) in [5, 5.41) is 0. The van der Waals surface area contributed by atoms with E-state index in [0.29, 0.717) is 11.3 Å². The van der Waals surface area contributed by atoms with Crippen LogP contribution in [0.15, 0.2) is 30.7 Å². The fourth-order valence-electron chi connectivity index (χ4n) is 3.40. The van der Waals surface area contributed by atoms with Crippen molar-refractivity contribution in [3.8, 4) is 17.0 Å². The van der Waals surface area contributed by atoms with Crippen LogP contribution in [0.25, 0.3) is 11.3 Å². The molecule has 2 aromatic rings. The van der Waals surface area contributed by atoms with Crippen molar-refractivity contribution in [2.75, 3.05) is 32.0 Å². The number of morpholine rings is 1. The second-order valence-electron chi connectivity index (χ2n) is 7.39.